The predicted octanol–water partition coefficient (Wildman–Crippen LogP) is 2.04. The fourth-order valence-electron chi connectivity index (χ4n) is 1.78. The van der Waals surface area contributed by atoms with Gasteiger partial charge in [0.25, 0.3) is 0 Å². The molecule has 0 saturated heterocycles. The molecule has 110 valence electrons. The number of carbonyl (C=O) groups is 2. The van der Waals surface area contributed by atoms with Crippen LogP contribution in [-0.4, -0.2) is 35.9 Å². The van der Waals surface area contributed by atoms with E-state index >= 15 is 0 Å². The number of aromatic nitrogens is 2. The molecule has 0 unspecified atom stereocenters. The highest BCUT2D eigenvalue weighted by Gasteiger charge is 2.25. The van der Waals surface area contributed by atoms with Crippen molar-refractivity contribution in [2.45, 2.75) is 13.8 Å². The van der Waals surface area contributed by atoms with Gasteiger partial charge < -0.3 is 13.9 Å². The van der Waals surface area contributed by atoms with Crippen LogP contribution in [0.15, 0.2) is 16.5 Å². The Morgan fingerprint density at radius 2 is 2.14 bits per heavy atom. The van der Waals surface area contributed by atoms with Crippen LogP contribution in [0.5, 0.6) is 6.01 Å². The minimum atomic E-state index is -0.689. The van der Waals surface area contributed by atoms with Crippen LogP contribution in [0, 0.1) is 6.92 Å². The molecule has 0 bridgehead atoms. The second-order valence-electron chi connectivity index (χ2n) is 4.07. The Labute approximate surface area is 120 Å². The van der Waals surface area contributed by atoms with Crippen molar-refractivity contribution in [3.05, 3.63) is 29.2 Å². The quantitative estimate of drug-likeness (QED) is 0.614. The molecule has 2 rings (SSSR count). The van der Waals surface area contributed by atoms with Crippen molar-refractivity contribution in [2.24, 2.45) is 0 Å². The van der Waals surface area contributed by atoms with Gasteiger partial charge in [0, 0.05) is 0 Å². The molecule has 0 spiro atoms. The first-order valence-electron chi connectivity index (χ1n) is 6.25. The van der Waals surface area contributed by atoms with Crippen molar-refractivity contribution in [3.63, 3.8) is 0 Å². The van der Waals surface area contributed by atoms with E-state index in [0.29, 0.717) is 17.8 Å². The maximum Gasteiger partial charge on any atom is 0.342 e. The number of methoxy groups -OCH3 is 1. The number of esters is 1. The molecule has 0 saturated carbocycles. The molecule has 2 aromatic rings. The number of furan rings is 1. The molecule has 0 aromatic carbocycles. The van der Waals surface area contributed by atoms with Gasteiger partial charge in [-0.3, -0.25) is 4.79 Å². The highest BCUT2D eigenvalue weighted by atomic mass is 16.5. The number of aldehydes is 1. The average Bonchev–Trinajstić information content (AvgIpc) is 2.92. The molecule has 0 aliphatic rings. The van der Waals surface area contributed by atoms with Gasteiger partial charge >= 0.3 is 12.0 Å². The van der Waals surface area contributed by atoms with E-state index in [1.807, 2.05) is 0 Å². The van der Waals surface area contributed by atoms with Gasteiger partial charge in [0.1, 0.15) is 22.7 Å². The van der Waals surface area contributed by atoms with Gasteiger partial charge in [0.05, 0.1) is 13.7 Å². The molecular formula is C14H14N2O5. The summed E-state index contributed by atoms with van der Waals surface area (Å²) in [4.78, 5) is 31.3. The van der Waals surface area contributed by atoms with Crippen molar-refractivity contribution >= 4 is 12.3 Å². The standard InChI is InChI=1S/C14H14N2O5/c1-4-20-13(18)11-9(7-17)15-14(19-3)16-12(11)10-6-5-8(2)21-10/h5-7H,4H2,1-3H3. The monoisotopic (exact) mass is 290 g/mol. The maximum atomic E-state index is 12.1. The Hall–Kier alpha value is -2.70. The molecule has 0 aliphatic heterocycles. The summed E-state index contributed by atoms with van der Waals surface area (Å²) in [7, 11) is 1.37. The lowest BCUT2D eigenvalue weighted by atomic mass is 10.1. The zero-order chi connectivity index (χ0) is 15.4. The van der Waals surface area contributed by atoms with E-state index in [2.05, 4.69) is 9.97 Å². The minimum Gasteiger partial charge on any atom is -0.467 e. The molecule has 0 fully saturated rings. The summed E-state index contributed by atoms with van der Waals surface area (Å²) >= 11 is 0. The zero-order valence-electron chi connectivity index (χ0n) is 11.9. The van der Waals surface area contributed by atoms with Crippen LogP contribution < -0.4 is 4.74 Å². The molecule has 0 aliphatic carbocycles. The number of nitrogens with zero attached hydrogens (tertiary/aromatic N) is 2. The molecule has 7 nitrogen and oxygen atoms in total. The average molecular weight is 290 g/mol. The smallest absolute Gasteiger partial charge is 0.342 e. The lowest BCUT2D eigenvalue weighted by Crippen LogP contribution is -2.13. The third kappa shape index (κ3) is 2.91. The Morgan fingerprint density at radius 3 is 2.67 bits per heavy atom. The Balaban J connectivity index is 2.69. The van der Waals surface area contributed by atoms with Gasteiger partial charge in [-0.05, 0) is 26.0 Å². The third-order valence-electron chi connectivity index (χ3n) is 2.66. The first-order chi connectivity index (χ1) is 10.1. The highest BCUT2D eigenvalue weighted by Crippen LogP contribution is 2.27. The highest BCUT2D eigenvalue weighted by molar-refractivity contribution is 6.02. The second kappa shape index (κ2) is 6.17. The van der Waals surface area contributed by atoms with Crippen LogP contribution >= 0.6 is 0 Å². The van der Waals surface area contributed by atoms with Crippen LogP contribution in [0.2, 0.25) is 0 Å². The zero-order valence-corrected chi connectivity index (χ0v) is 11.9. The van der Waals surface area contributed by atoms with Crippen LogP contribution in [0.4, 0.5) is 0 Å². The molecule has 21 heavy (non-hydrogen) atoms. The number of hydrogen-bond acceptors (Lipinski definition) is 7. The van der Waals surface area contributed by atoms with Crippen LogP contribution in [0.25, 0.3) is 11.5 Å². The summed E-state index contributed by atoms with van der Waals surface area (Å²) < 4.78 is 15.4. The van der Waals surface area contributed by atoms with Crippen molar-refractivity contribution in [1.29, 1.82) is 0 Å². The molecule has 2 heterocycles. The SMILES string of the molecule is CCOC(=O)c1c(C=O)nc(OC)nc1-c1ccc(C)o1. The third-order valence-corrected chi connectivity index (χ3v) is 2.66. The van der Waals surface area contributed by atoms with Crippen molar-refractivity contribution in [1.82, 2.24) is 9.97 Å². The summed E-state index contributed by atoms with van der Waals surface area (Å²) in [5, 5.41) is 0. The number of carbonyl (C=O) groups excluding carboxylic acids is 2. The molecule has 0 amide bonds. The lowest BCUT2D eigenvalue weighted by Gasteiger charge is -2.09. The van der Waals surface area contributed by atoms with Gasteiger partial charge in [0.2, 0.25) is 0 Å². The van der Waals surface area contributed by atoms with Crippen LogP contribution in [0.3, 0.4) is 0 Å². The second-order valence-corrected chi connectivity index (χ2v) is 4.07. The largest absolute Gasteiger partial charge is 0.467 e. The number of aryl methyl sites for hydroxylation is 1. The van der Waals surface area contributed by atoms with Crippen LogP contribution in [-0.2, 0) is 4.74 Å². The molecule has 0 radical (unpaired) electrons. The van der Waals surface area contributed by atoms with Crippen molar-refractivity contribution in [2.75, 3.05) is 13.7 Å². The van der Waals surface area contributed by atoms with Gasteiger partial charge in [-0.1, -0.05) is 0 Å². The summed E-state index contributed by atoms with van der Waals surface area (Å²) in [5.41, 5.74) is 0.0156. The lowest BCUT2D eigenvalue weighted by molar-refractivity contribution is 0.0523. The topological polar surface area (TPSA) is 91.5 Å². The minimum absolute atomic E-state index is 0.0331. The van der Waals surface area contributed by atoms with E-state index in [-0.39, 0.29) is 29.6 Å². The maximum absolute atomic E-state index is 12.1. The molecule has 7 heteroatoms. The number of rotatable bonds is 5. The molecule has 2 aromatic heterocycles. The van der Waals surface area contributed by atoms with E-state index in [1.165, 1.54) is 7.11 Å². The van der Waals surface area contributed by atoms with Gasteiger partial charge in [-0.15, -0.1) is 0 Å². The van der Waals surface area contributed by atoms with Gasteiger partial charge in [0.15, 0.2) is 12.0 Å². The van der Waals surface area contributed by atoms with Crippen molar-refractivity contribution < 1.29 is 23.5 Å². The van der Waals surface area contributed by atoms with E-state index in [4.69, 9.17) is 13.9 Å². The summed E-state index contributed by atoms with van der Waals surface area (Å²) in [6, 6.07) is 3.34. The van der Waals surface area contributed by atoms with Crippen molar-refractivity contribution in [3.8, 4) is 17.5 Å². The van der Waals surface area contributed by atoms with Gasteiger partial charge in [-0.25, -0.2) is 4.79 Å². The van der Waals surface area contributed by atoms with E-state index in [1.54, 1.807) is 26.0 Å². The Morgan fingerprint density at radius 1 is 1.38 bits per heavy atom. The Kier molecular flexibility index (Phi) is 4.32. The fraction of sp³-hybridized carbons (Fsp3) is 0.286. The number of hydrogen-bond donors (Lipinski definition) is 0. The first kappa shape index (κ1) is 14.7. The Bertz CT molecular complexity index is 678. The first-order valence-corrected chi connectivity index (χ1v) is 6.25. The fourth-order valence-corrected chi connectivity index (χ4v) is 1.78. The van der Waals surface area contributed by atoms with E-state index in [9.17, 15) is 9.59 Å². The number of ether oxygens (including phenoxy) is 2. The normalized spacial score (nSPS) is 10.2. The molecule has 0 N–H and O–H groups in total. The van der Waals surface area contributed by atoms with Gasteiger partial charge in [-0.2, -0.15) is 9.97 Å². The predicted molar refractivity (Wildman–Crippen MR) is 72.4 cm³/mol. The van der Waals surface area contributed by atoms with E-state index < -0.39 is 5.97 Å². The molecule has 0 atom stereocenters. The summed E-state index contributed by atoms with van der Waals surface area (Å²) in [6.45, 7) is 3.59. The summed E-state index contributed by atoms with van der Waals surface area (Å²) in [5.74, 6) is 0.288. The molecular weight excluding hydrogens is 276 g/mol. The summed E-state index contributed by atoms with van der Waals surface area (Å²) in [6.07, 6.45) is 0.454. The van der Waals surface area contributed by atoms with E-state index in [0.717, 1.165) is 0 Å². The van der Waals surface area contributed by atoms with Crippen LogP contribution in [0.1, 0.15) is 33.5 Å².